The molecule has 1 aliphatic heterocycles. The molecule has 1 heterocycles. The number of rotatable bonds is 1. The fourth-order valence-corrected chi connectivity index (χ4v) is 2.25. The van der Waals surface area contributed by atoms with Crippen LogP contribution in [0, 0.1) is 23.2 Å². The van der Waals surface area contributed by atoms with Crippen molar-refractivity contribution in [1.82, 2.24) is 0 Å². The van der Waals surface area contributed by atoms with E-state index in [1.165, 1.54) is 0 Å². The summed E-state index contributed by atoms with van der Waals surface area (Å²) in [6.07, 6.45) is 0.0884. The first-order valence-electron chi connectivity index (χ1n) is 5.49. The van der Waals surface area contributed by atoms with Crippen LogP contribution in [0.15, 0.2) is 0 Å². The minimum absolute atomic E-state index is 0.0400. The maximum atomic E-state index is 11.8. The zero-order chi connectivity index (χ0) is 11.1. The van der Waals surface area contributed by atoms with E-state index in [0.29, 0.717) is 17.8 Å². The summed E-state index contributed by atoms with van der Waals surface area (Å²) in [5.74, 6) is 1.20. The predicted molar refractivity (Wildman–Crippen MR) is 56.8 cm³/mol. The van der Waals surface area contributed by atoms with E-state index >= 15 is 0 Å². The van der Waals surface area contributed by atoms with Crippen LogP contribution in [0.2, 0.25) is 0 Å². The number of carbonyl (C=O) groups is 1. The van der Waals surface area contributed by atoms with E-state index in [1.54, 1.807) is 0 Å². The molecule has 0 unspecified atom stereocenters. The highest BCUT2D eigenvalue weighted by Gasteiger charge is 2.47. The molecule has 0 aromatic heterocycles. The lowest BCUT2D eigenvalue weighted by atomic mass is 9.68. The second-order valence-corrected chi connectivity index (χ2v) is 5.48. The van der Waals surface area contributed by atoms with Crippen LogP contribution in [0.25, 0.3) is 0 Å². The van der Waals surface area contributed by atoms with Crippen molar-refractivity contribution in [2.75, 3.05) is 0 Å². The fraction of sp³-hybridized carbons (Fsp3) is 0.917. The summed E-state index contributed by atoms with van der Waals surface area (Å²) < 4.78 is 5.51. The van der Waals surface area contributed by atoms with Crippen LogP contribution in [0.1, 0.15) is 41.5 Å². The number of cyclic esters (lactones) is 1. The molecule has 0 amide bonds. The van der Waals surface area contributed by atoms with Crippen LogP contribution in [-0.4, -0.2) is 12.1 Å². The Labute approximate surface area is 87.0 Å². The van der Waals surface area contributed by atoms with Gasteiger partial charge in [-0.1, -0.05) is 27.7 Å². The van der Waals surface area contributed by atoms with E-state index < -0.39 is 0 Å². The van der Waals surface area contributed by atoms with E-state index in [1.807, 2.05) is 13.8 Å². The lowest BCUT2D eigenvalue weighted by Crippen LogP contribution is -2.50. The number of carbonyl (C=O) groups excluding carboxylic acids is 1. The molecule has 0 aromatic rings. The molecule has 82 valence electrons. The van der Waals surface area contributed by atoms with Crippen molar-refractivity contribution in [3.8, 4) is 0 Å². The zero-order valence-corrected chi connectivity index (χ0v) is 10.1. The first kappa shape index (κ1) is 11.5. The van der Waals surface area contributed by atoms with E-state index in [4.69, 9.17) is 4.74 Å². The first-order valence-corrected chi connectivity index (χ1v) is 5.49. The summed E-state index contributed by atoms with van der Waals surface area (Å²) in [4.78, 5) is 11.8. The summed E-state index contributed by atoms with van der Waals surface area (Å²) in [6.45, 7) is 12.5. The van der Waals surface area contributed by atoms with Gasteiger partial charge in [0.25, 0.3) is 0 Å². The van der Waals surface area contributed by atoms with Gasteiger partial charge in [0.2, 0.25) is 0 Å². The fourth-order valence-electron chi connectivity index (χ4n) is 2.25. The van der Waals surface area contributed by atoms with Gasteiger partial charge in [0.1, 0.15) is 6.10 Å². The van der Waals surface area contributed by atoms with Gasteiger partial charge in [-0.05, 0) is 31.6 Å². The van der Waals surface area contributed by atoms with E-state index in [0.717, 1.165) is 0 Å². The van der Waals surface area contributed by atoms with E-state index in [2.05, 4.69) is 27.7 Å². The Morgan fingerprint density at radius 2 is 1.79 bits per heavy atom. The van der Waals surface area contributed by atoms with Gasteiger partial charge in [-0.25, -0.2) is 0 Å². The standard InChI is InChI=1S/C12H22O2/c1-7(2)10-8(3)9(4)12(5,6)11(13)14-10/h7-10H,1-6H3/t8-,9+,10+/m1/s1. The molecule has 0 aromatic carbocycles. The Bertz CT molecular complexity index is 228. The molecule has 14 heavy (non-hydrogen) atoms. The van der Waals surface area contributed by atoms with Crippen LogP contribution in [0.3, 0.4) is 0 Å². The number of hydrogen-bond acceptors (Lipinski definition) is 2. The molecule has 0 saturated carbocycles. The molecular formula is C12H22O2. The molecule has 0 radical (unpaired) electrons. The van der Waals surface area contributed by atoms with Crippen LogP contribution < -0.4 is 0 Å². The summed E-state index contributed by atoms with van der Waals surface area (Å²) >= 11 is 0. The molecule has 1 aliphatic rings. The molecule has 2 nitrogen and oxygen atoms in total. The highest BCUT2D eigenvalue weighted by Crippen LogP contribution is 2.42. The largest absolute Gasteiger partial charge is 0.461 e. The van der Waals surface area contributed by atoms with Gasteiger partial charge in [-0.3, -0.25) is 4.79 Å². The molecule has 3 atom stereocenters. The third-order valence-corrected chi connectivity index (χ3v) is 3.87. The van der Waals surface area contributed by atoms with Gasteiger partial charge in [0.05, 0.1) is 5.41 Å². The van der Waals surface area contributed by atoms with Crippen molar-refractivity contribution < 1.29 is 9.53 Å². The topological polar surface area (TPSA) is 26.3 Å². The smallest absolute Gasteiger partial charge is 0.312 e. The van der Waals surface area contributed by atoms with E-state index in [-0.39, 0.29) is 17.5 Å². The summed E-state index contributed by atoms with van der Waals surface area (Å²) in [6, 6.07) is 0. The van der Waals surface area contributed by atoms with Crippen LogP contribution in [0.5, 0.6) is 0 Å². The Morgan fingerprint density at radius 1 is 1.29 bits per heavy atom. The third kappa shape index (κ3) is 1.67. The highest BCUT2D eigenvalue weighted by molar-refractivity contribution is 5.77. The monoisotopic (exact) mass is 198 g/mol. The normalized spacial score (nSPS) is 37.1. The molecule has 2 heteroatoms. The van der Waals surface area contributed by atoms with Crippen LogP contribution >= 0.6 is 0 Å². The van der Waals surface area contributed by atoms with Gasteiger partial charge >= 0.3 is 5.97 Å². The van der Waals surface area contributed by atoms with Gasteiger partial charge in [0.15, 0.2) is 0 Å². The van der Waals surface area contributed by atoms with Crippen LogP contribution in [-0.2, 0) is 9.53 Å². The minimum atomic E-state index is -0.329. The van der Waals surface area contributed by atoms with E-state index in [9.17, 15) is 4.79 Å². The minimum Gasteiger partial charge on any atom is -0.461 e. The molecule has 1 saturated heterocycles. The van der Waals surface area contributed by atoms with Crippen molar-refractivity contribution in [1.29, 1.82) is 0 Å². The third-order valence-electron chi connectivity index (χ3n) is 3.87. The maximum Gasteiger partial charge on any atom is 0.312 e. The van der Waals surface area contributed by atoms with Gasteiger partial charge < -0.3 is 4.74 Å². The van der Waals surface area contributed by atoms with Crippen molar-refractivity contribution in [3.05, 3.63) is 0 Å². The average molecular weight is 198 g/mol. The lowest BCUT2D eigenvalue weighted by molar-refractivity contribution is -0.185. The predicted octanol–water partition coefficient (Wildman–Crippen LogP) is 2.87. The molecule has 1 rings (SSSR count). The second-order valence-electron chi connectivity index (χ2n) is 5.48. The van der Waals surface area contributed by atoms with Gasteiger partial charge in [0, 0.05) is 0 Å². The molecule has 0 bridgehead atoms. The molecule has 0 spiro atoms. The maximum absolute atomic E-state index is 11.8. The SMILES string of the molecule is CC(C)[C@@H]1OC(=O)C(C)(C)[C@@H](C)[C@H]1C. The van der Waals surface area contributed by atoms with Gasteiger partial charge in [-0.2, -0.15) is 0 Å². The number of ether oxygens (including phenoxy) is 1. The van der Waals surface area contributed by atoms with Gasteiger partial charge in [-0.15, -0.1) is 0 Å². The average Bonchev–Trinajstić information content (AvgIpc) is 2.08. The Kier molecular flexibility index (Phi) is 2.93. The Morgan fingerprint density at radius 3 is 2.21 bits per heavy atom. The summed E-state index contributed by atoms with van der Waals surface area (Å²) in [5.41, 5.74) is -0.329. The first-order chi connectivity index (χ1) is 6.28. The number of esters is 1. The number of hydrogen-bond donors (Lipinski definition) is 0. The highest BCUT2D eigenvalue weighted by atomic mass is 16.5. The summed E-state index contributed by atoms with van der Waals surface area (Å²) in [5, 5.41) is 0. The Hall–Kier alpha value is -0.530. The van der Waals surface area contributed by atoms with Crippen molar-refractivity contribution in [2.45, 2.75) is 47.6 Å². The zero-order valence-electron chi connectivity index (χ0n) is 10.1. The molecule has 0 N–H and O–H groups in total. The van der Waals surface area contributed by atoms with Crippen molar-refractivity contribution in [3.63, 3.8) is 0 Å². The summed E-state index contributed by atoms with van der Waals surface area (Å²) in [7, 11) is 0. The second kappa shape index (κ2) is 3.56. The van der Waals surface area contributed by atoms with Crippen molar-refractivity contribution in [2.24, 2.45) is 23.2 Å². The molecule has 1 fully saturated rings. The molecule has 0 aliphatic carbocycles. The Balaban J connectivity index is 2.90. The quantitative estimate of drug-likeness (QED) is 0.606. The van der Waals surface area contributed by atoms with Crippen LogP contribution in [0.4, 0.5) is 0 Å². The van der Waals surface area contributed by atoms with Crippen molar-refractivity contribution >= 4 is 5.97 Å². The molecular weight excluding hydrogens is 176 g/mol. The lowest BCUT2D eigenvalue weighted by Gasteiger charge is -2.44.